The molecule has 1 atom stereocenters. The molecule has 2 nitrogen and oxygen atoms in total. The van der Waals surface area contributed by atoms with Gasteiger partial charge in [-0.15, -0.1) is 0 Å². The second kappa shape index (κ2) is 4.99. The highest BCUT2D eigenvalue weighted by Gasteiger charge is 2.23. The number of furan rings is 1. The van der Waals surface area contributed by atoms with Gasteiger partial charge in [0.15, 0.2) is 0 Å². The Morgan fingerprint density at radius 3 is 2.89 bits per heavy atom. The van der Waals surface area contributed by atoms with E-state index >= 15 is 0 Å². The fourth-order valence-corrected chi connectivity index (χ4v) is 2.28. The molecule has 1 N–H and O–H groups in total. The molecule has 1 unspecified atom stereocenters. The van der Waals surface area contributed by atoms with Crippen LogP contribution in [0, 0.1) is 0 Å². The molecule has 1 aromatic carbocycles. The smallest absolute Gasteiger partial charge is 0.120 e. The summed E-state index contributed by atoms with van der Waals surface area (Å²) in [5.41, 5.74) is 2.86. The normalized spacial score (nSPS) is 16.7. The van der Waals surface area contributed by atoms with E-state index in [4.69, 9.17) is 4.42 Å². The second-order valence-corrected chi connectivity index (χ2v) is 5.14. The van der Waals surface area contributed by atoms with Gasteiger partial charge in [0.2, 0.25) is 0 Å². The molecule has 0 bridgehead atoms. The van der Waals surface area contributed by atoms with E-state index in [-0.39, 0.29) is 6.04 Å². The third kappa shape index (κ3) is 2.65. The average Bonchev–Trinajstić information content (AvgIpc) is 3.11. The van der Waals surface area contributed by atoms with E-state index in [9.17, 15) is 0 Å². The maximum atomic E-state index is 5.39. The summed E-state index contributed by atoms with van der Waals surface area (Å²) in [5, 5.41) is 3.49. The topological polar surface area (TPSA) is 25.2 Å². The van der Waals surface area contributed by atoms with Crippen molar-refractivity contribution >= 4 is 0 Å². The Bertz CT molecular complexity index is 500. The summed E-state index contributed by atoms with van der Waals surface area (Å²) in [5.74, 6) is 1.82. The predicted octanol–water partition coefficient (Wildman–Crippen LogP) is 4.01. The summed E-state index contributed by atoms with van der Waals surface area (Å²) in [6, 6.07) is 13.1. The molecular weight excluding hydrogens is 222 g/mol. The van der Waals surface area contributed by atoms with Gasteiger partial charge in [0.25, 0.3) is 0 Å². The quantitative estimate of drug-likeness (QED) is 0.855. The van der Waals surface area contributed by atoms with Crippen LogP contribution in [-0.2, 0) is 6.54 Å². The first-order valence-corrected chi connectivity index (χ1v) is 6.68. The van der Waals surface area contributed by atoms with Crippen molar-refractivity contribution in [3.8, 4) is 0 Å². The van der Waals surface area contributed by atoms with Crippen LogP contribution < -0.4 is 5.32 Å². The monoisotopic (exact) mass is 241 g/mol. The van der Waals surface area contributed by atoms with Gasteiger partial charge >= 0.3 is 0 Å². The number of benzene rings is 1. The Morgan fingerprint density at radius 2 is 2.17 bits per heavy atom. The highest BCUT2D eigenvalue weighted by molar-refractivity contribution is 5.29. The van der Waals surface area contributed by atoms with Gasteiger partial charge in [-0.2, -0.15) is 0 Å². The van der Waals surface area contributed by atoms with E-state index in [0.29, 0.717) is 0 Å². The largest absolute Gasteiger partial charge is 0.468 e. The standard InChI is InChI=1S/C16H19NO/c1-12(16-6-3-9-18-16)17-11-13-4-2-5-15(10-13)14-7-8-14/h2-6,9-10,12,14,17H,7-8,11H2,1H3. The minimum absolute atomic E-state index is 0.254. The van der Waals surface area contributed by atoms with Crippen LogP contribution >= 0.6 is 0 Å². The summed E-state index contributed by atoms with van der Waals surface area (Å²) in [6.07, 6.45) is 4.45. The lowest BCUT2D eigenvalue weighted by molar-refractivity contribution is 0.430. The van der Waals surface area contributed by atoms with Crippen molar-refractivity contribution in [2.45, 2.75) is 38.3 Å². The van der Waals surface area contributed by atoms with Gasteiger partial charge in [0.1, 0.15) is 5.76 Å². The van der Waals surface area contributed by atoms with Gasteiger partial charge in [-0.1, -0.05) is 24.3 Å². The lowest BCUT2D eigenvalue weighted by Crippen LogP contribution is -2.17. The van der Waals surface area contributed by atoms with Crippen molar-refractivity contribution in [3.63, 3.8) is 0 Å². The molecule has 94 valence electrons. The van der Waals surface area contributed by atoms with Crippen LogP contribution in [-0.4, -0.2) is 0 Å². The van der Waals surface area contributed by atoms with Crippen molar-refractivity contribution in [1.29, 1.82) is 0 Å². The fourth-order valence-electron chi connectivity index (χ4n) is 2.28. The van der Waals surface area contributed by atoms with Crippen molar-refractivity contribution in [3.05, 3.63) is 59.5 Å². The van der Waals surface area contributed by atoms with Crippen LogP contribution in [0.25, 0.3) is 0 Å². The molecule has 0 amide bonds. The zero-order chi connectivity index (χ0) is 12.4. The molecule has 1 fully saturated rings. The Hall–Kier alpha value is -1.54. The zero-order valence-electron chi connectivity index (χ0n) is 10.7. The van der Waals surface area contributed by atoms with E-state index in [1.165, 1.54) is 24.0 Å². The lowest BCUT2D eigenvalue weighted by Gasteiger charge is -2.12. The molecule has 2 aromatic rings. The maximum absolute atomic E-state index is 5.39. The van der Waals surface area contributed by atoms with Crippen molar-refractivity contribution in [2.24, 2.45) is 0 Å². The minimum Gasteiger partial charge on any atom is -0.468 e. The minimum atomic E-state index is 0.254. The molecule has 1 aliphatic rings. The van der Waals surface area contributed by atoms with Gasteiger partial charge in [-0.3, -0.25) is 0 Å². The maximum Gasteiger partial charge on any atom is 0.120 e. The van der Waals surface area contributed by atoms with Gasteiger partial charge in [-0.05, 0) is 48.9 Å². The van der Waals surface area contributed by atoms with E-state index in [1.807, 2.05) is 12.1 Å². The number of hydrogen-bond donors (Lipinski definition) is 1. The van der Waals surface area contributed by atoms with Crippen LogP contribution in [0.1, 0.15) is 48.6 Å². The van der Waals surface area contributed by atoms with E-state index < -0.39 is 0 Å². The predicted molar refractivity (Wildman–Crippen MR) is 72.4 cm³/mol. The van der Waals surface area contributed by atoms with Crippen LogP contribution in [0.5, 0.6) is 0 Å². The zero-order valence-corrected chi connectivity index (χ0v) is 10.7. The van der Waals surface area contributed by atoms with Gasteiger partial charge < -0.3 is 9.73 Å². The molecule has 1 saturated carbocycles. The van der Waals surface area contributed by atoms with Crippen LogP contribution in [0.3, 0.4) is 0 Å². The molecule has 0 aliphatic heterocycles. The lowest BCUT2D eigenvalue weighted by atomic mass is 10.1. The van der Waals surface area contributed by atoms with Crippen molar-refractivity contribution in [1.82, 2.24) is 5.32 Å². The van der Waals surface area contributed by atoms with E-state index in [1.54, 1.807) is 6.26 Å². The molecule has 1 heterocycles. The number of nitrogens with one attached hydrogen (secondary N) is 1. The first-order chi connectivity index (χ1) is 8.83. The van der Waals surface area contributed by atoms with Crippen LogP contribution in [0.4, 0.5) is 0 Å². The van der Waals surface area contributed by atoms with Crippen LogP contribution in [0.2, 0.25) is 0 Å². The molecule has 2 heteroatoms. The van der Waals surface area contributed by atoms with Crippen LogP contribution in [0.15, 0.2) is 47.1 Å². The summed E-state index contributed by atoms with van der Waals surface area (Å²) < 4.78 is 5.39. The SMILES string of the molecule is CC(NCc1cccc(C2CC2)c1)c1ccco1. The van der Waals surface area contributed by atoms with E-state index in [2.05, 4.69) is 36.5 Å². The molecular formula is C16H19NO. The Balaban J connectivity index is 1.60. The fraction of sp³-hybridized carbons (Fsp3) is 0.375. The van der Waals surface area contributed by atoms with Gasteiger partial charge in [-0.25, -0.2) is 0 Å². The molecule has 0 saturated heterocycles. The molecule has 3 rings (SSSR count). The summed E-state index contributed by atoms with van der Waals surface area (Å²) in [4.78, 5) is 0. The summed E-state index contributed by atoms with van der Waals surface area (Å²) >= 11 is 0. The molecule has 1 aliphatic carbocycles. The molecule has 1 aromatic heterocycles. The van der Waals surface area contributed by atoms with Gasteiger partial charge in [0.05, 0.1) is 12.3 Å². The highest BCUT2D eigenvalue weighted by Crippen LogP contribution is 2.40. The molecule has 18 heavy (non-hydrogen) atoms. The Labute approximate surface area is 108 Å². The third-order valence-corrected chi connectivity index (χ3v) is 3.58. The average molecular weight is 241 g/mol. The first kappa shape index (κ1) is 11.5. The van der Waals surface area contributed by atoms with Crippen molar-refractivity contribution in [2.75, 3.05) is 0 Å². The summed E-state index contributed by atoms with van der Waals surface area (Å²) in [7, 11) is 0. The number of hydrogen-bond acceptors (Lipinski definition) is 2. The van der Waals surface area contributed by atoms with Gasteiger partial charge in [0, 0.05) is 6.54 Å². The first-order valence-electron chi connectivity index (χ1n) is 6.68. The van der Waals surface area contributed by atoms with E-state index in [0.717, 1.165) is 18.2 Å². The molecule has 0 radical (unpaired) electrons. The molecule has 0 spiro atoms. The van der Waals surface area contributed by atoms with Crippen molar-refractivity contribution < 1.29 is 4.42 Å². The Morgan fingerprint density at radius 1 is 1.28 bits per heavy atom. The third-order valence-electron chi connectivity index (χ3n) is 3.58. The highest BCUT2D eigenvalue weighted by atomic mass is 16.3. The summed E-state index contributed by atoms with van der Waals surface area (Å²) in [6.45, 7) is 3.02. The second-order valence-electron chi connectivity index (χ2n) is 5.14. The number of rotatable bonds is 5. The Kier molecular flexibility index (Phi) is 3.20.